The fourth-order valence-electron chi connectivity index (χ4n) is 4.41. The first-order valence-electron chi connectivity index (χ1n) is 11.3. The van der Waals surface area contributed by atoms with Crippen LogP contribution in [0.1, 0.15) is 34.5 Å². The summed E-state index contributed by atoms with van der Waals surface area (Å²) >= 11 is 0. The first-order chi connectivity index (χ1) is 16.8. The molecular formula is C26H22F4N4O. The summed E-state index contributed by atoms with van der Waals surface area (Å²) in [6.07, 6.45) is -0.713. The number of benzene rings is 2. The molecule has 5 nitrogen and oxygen atoms in total. The van der Waals surface area contributed by atoms with Gasteiger partial charge in [-0.25, -0.2) is 9.37 Å². The number of rotatable bonds is 5. The van der Waals surface area contributed by atoms with Crippen molar-refractivity contribution in [2.24, 2.45) is 0 Å². The Morgan fingerprint density at radius 2 is 1.80 bits per heavy atom. The van der Waals surface area contributed by atoms with Gasteiger partial charge in [0.1, 0.15) is 17.3 Å². The minimum absolute atomic E-state index is 0.113. The van der Waals surface area contributed by atoms with E-state index in [2.05, 4.69) is 15.2 Å². The van der Waals surface area contributed by atoms with Gasteiger partial charge in [0.2, 0.25) is 0 Å². The van der Waals surface area contributed by atoms with Crippen LogP contribution < -0.4 is 10.2 Å². The van der Waals surface area contributed by atoms with Crippen LogP contribution in [-0.2, 0) is 12.7 Å². The number of halogens is 4. The smallest absolute Gasteiger partial charge is 0.357 e. The maximum Gasteiger partial charge on any atom is 0.416 e. The predicted octanol–water partition coefficient (Wildman–Crippen LogP) is 6.10. The highest BCUT2D eigenvalue weighted by Crippen LogP contribution is 2.33. The quantitative estimate of drug-likeness (QED) is 0.350. The van der Waals surface area contributed by atoms with Crippen molar-refractivity contribution < 1.29 is 22.4 Å². The molecule has 35 heavy (non-hydrogen) atoms. The summed E-state index contributed by atoms with van der Waals surface area (Å²) in [5.74, 6) is -0.101. The van der Waals surface area contributed by atoms with Gasteiger partial charge in [-0.1, -0.05) is 12.1 Å². The summed E-state index contributed by atoms with van der Waals surface area (Å²) in [5, 5.41) is 3.05. The summed E-state index contributed by atoms with van der Waals surface area (Å²) < 4.78 is 55.2. The standard InChI is InChI=1S/C26H22F4N4O/c27-20-5-3-4-17(12-20)16-34-22-8-6-19(26(28,29)30)13-18(22)14-23(34)25(35)32-21-7-9-24(31-15-21)33-10-1-2-11-33/h3-9,12-15H,1-2,10-11,16H2,(H,32,35). The summed E-state index contributed by atoms with van der Waals surface area (Å²) in [6.45, 7) is 2.00. The van der Waals surface area contributed by atoms with Crippen molar-refractivity contribution in [1.82, 2.24) is 9.55 Å². The van der Waals surface area contributed by atoms with Gasteiger partial charge in [-0.3, -0.25) is 4.79 Å². The average molecular weight is 482 g/mol. The molecule has 1 aliphatic rings. The fraction of sp³-hybridized carbons (Fsp3) is 0.231. The van der Waals surface area contributed by atoms with E-state index in [-0.39, 0.29) is 17.6 Å². The molecule has 1 saturated heterocycles. The lowest BCUT2D eigenvalue weighted by Gasteiger charge is -2.16. The minimum atomic E-state index is -4.51. The van der Waals surface area contributed by atoms with Crippen molar-refractivity contribution in [2.75, 3.05) is 23.3 Å². The van der Waals surface area contributed by atoms with Crippen molar-refractivity contribution in [2.45, 2.75) is 25.6 Å². The number of nitrogens with one attached hydrogen (secondary N) is 1. The maximum atomic E-state index is 13.8. The molecule has 3 heterocycles. The molecule has 1 amide bonds. The lowest BCUT2D eigenvalue weighted by Crippen LogP contribution is -2.20. The monoisotopic (exact) mass is 482 g/mol. The third kappa shape index (κ3) is 4.84. The van der Waals surface area contributed by atoms with Gasteiger partial charge in [-0.05, 0) is 66.9 Å². The molecule has 0 unspecified atom stereocenters. The third-order valence-electron chi connectivity index (χ3n) is 6.13. The van der Waals surface area contributed by atoms with Crippen LogP contribution in [0.15, 0.2) is 66.9 Å². The van der Waals surface area contributed by atoms with Gasteiger partial charge in [0.25, 0.3) is 5.91 Å². The van der Waals surface area contributed by atoms with Gasteiger partial charge < -0.3 is 14.8 Å². The maximum absolute atomic E-state index is 13.8. The van der Waals surface area contributed by atoms with Crippen molar-refractivity contribution in [3.63, 3.8) is 0 Å². The van der Waals surface area contributed by atoms with Crippen LogP contribution >= 0.6 is 0 Å². The number of hydrogen-bond acceptors (Lipinski definition) is 3. The van der Waals surface area contributed by atoms with Crippen molar-refractivity contribution >= 4 is 28.3 Å². The van der Waals surface area contributed by atoms with Crippen molar-refractivity contribution in [1.29, 1.82) is 0 Å². The van der Waals surface area contributed by atoms with E-state index in [1.54, 1.807) is 29.0 Å². The second-order valence-corrected chi connectivity index (χ2v) is 8.57. The van der Waals surface area contributed by atoms with Gasteiger partial charge in [-0.15, -0.1) is 0 Å². The number of fused-ring (bicyclic) bond motifs is 1. The van der Waals surface area contributed by atoms with Gasteiger partial charge in [0.15, 0.2) is 0 Å². The van der Waals surface area contributed by atoms with E-state index >= 15 is 0 Å². The molecule has 5 rings (SSSR count). The first-order valence-corrected chi connectivity index (χ1v) is 11.3. The van der Waals surface area contributed by atoms with E-state index in [4.69, 9.17) is 0 Å². The molecule has 0 spiro atoms. The van der Waals surface area contributed by atoms with Crippen molar-refractivity contribution in [3.05, 3.63) is 89.5 Å². The van der Waals surface area contributed by atoms with Crippen molar-refractivity contribution in [3.8, 4) is 0 Å². The normalized spacial score (nSPS) is 14.0. The number of pyridine rings is 1. The molecule has 0 radical (unpaired) electrons. The number of anilines is 2. The number of aromatic nitrogens is 2. The Hall–Kier alpha value is -3.88. The van der Waals surface area contributed by atoms with Crippen LogP contribution in [0.2, 0.25) is 0 Å². The van der Waals surface area contributed by atoms with Gasteiger partial charge in [-0.2, -0.15) is 13.2 Å². The summed E-state index contributed by atoms with van der Waals surface area (Å²) in [4.78, 5) is 19.8. The van der Waals surface area contributed by atoms with E-state index < -0.39 is 23.5 Å². The van der Waals surface area contributed by atoms with Crippen LogP contribution in [0.5, 0.6) is 0 Å². The number of carbonyl (C=O) groups is 1. The fourth-order valence-corrected chi connectivity index (χ4v) is 4.41. The zero-order chi connectivity index (χ0) is 24.6. The molecule has 0 atom stereocenters. The Balaban J connectivity index is 1.48. The molecule has 180 valence electrons. The zero-order valence-corrected chi connectivity index (χ0v) is 18.6. The molecule has 9 heteroatoms. The number of amides is 1. The highest BCUT2D eigenvalue weighted by Gasteiger charge is 2.31. The Labute approximate surface area is 199 Å². The minimum Gasteiger partial charge on any atom is -0.357 e. The van der Waals surface area contributed by atoms with Crippen LogP contribution in [0.4, 0.5) is 29.1 Å². The molecular weight excluding hydrogens is 460 g/mol. The summed E-state index contributed by atoms with van der Waals surface area (Å²) in [6, 6.07) is 14.2. The van der Waals surface area contributed by atoms with Gasteiger partial charge in [0, 0.05) is 30.5 Å². The van der Waals surface area contributed by atoms with E-state index in [9.17, 15) is 22.4 Å². The van der Waals surface area contributed by atoms with Crippen LogP contribution in [0.3, 0.4) is 0 Å². The van der Waals surface area contributed by atoms with Crippen LogP contribution in [-0.4, -0.2) is 28.5 Å². The number of nitrogens with zero attached hydrogens (tertiary/aromatic N) is 3. The van der Waals surface area contributed by atoms with Crippen LogP contribution in [0.25, 0.3) is 10.9 Å². The predicted molar refractivity (Wildman–Crippen MR) is 126 cm³/mol. The summed E-state index contributed by atoms with van der Waals surface area (Å²) in [7, 11) is 0. The highest BCUT2D eigenvalue weighted by molar-refractivity contribution is 6.06. The van der Waals surface area contributed by atoms with E-state index in [0.717, 1.165) is 43.9 Å². The highest BCUT2D eigenvalue weighted by atomic mass is 19.4. The van der Waals surface area contributed by atoms with E-state index in [0.29, 0.717) is 16.8 Å². The molecule has 0 aliphatic carbocycles. The Morgan fingerprint density at radius 1 is 1.00 bits per heavy atom. The van der Waals surface area contributed by atoms with Crippen LogP contribution in [0, 0.1) is 5.82 Å². The zero-order valence-electron chi connectivity index (χ0n) is 18.6. The average Bonchev–Trinajstić information content (AvgIpc) is 3.48. The molecule has 0 bridgehead atoms. The largest absolute Gasteiger partial charge is 0.416 e. The molecule has 2 aromatic carbocycles. The molecule has 1 aliphatic heterocycles. The molecule has 0 saturated carbocycles. The molecule has 2 aromatic heterocycles. The number of carbonyl (C=O) groups excluding carboxylic acids is 1. The lowest BCUT2D eigenvalue weighted by molar-refractivity contribution is -0.137. The lowest BCUT2D eigenvalue weighted by atomic mass is 10.1. The SMILES string of the molecule is O=C(Nc1ccc(N2CCCC2)nc1)c1cc2cc(C(F)(F)F)ccc2n1Cc1cccc(F)c1. The van der Waals surface area contributed by atoms with Gasteiger partial charge in [0.05, 0.1) is 17.4 Å². The topological polar surface area (TPSA) is 50.2 Å². The Bertz CT molecular complexity index is 1370. The van der Waals surface area contributed by atoms with E-state index in [1.165, 1.54) is 24.3 Å². The Morgan fingerprint density at radius 3 is 2.49 bits per heavy atom. The Kier molecular flexibility index (Phi) is 5.92. The molecule has 4 aromatic rings. The number of hydrogen-bond donors (Lipinski definition) is 1. The second-order valence-electron chi connectivity index (χ2n) is 8.57. The number of alkyl halides is 3. The van der Waals surface area contributed by atoms with E-state index in [1.807, 2.05) is 6.07 Å². The van der Waals surface area contributed by atoms with Gasteiger partial charge >= 0.3 is 6.18 Å². The molecule has 1 fully saturated rings. The molecule has 1 N–H and O–H groups in total. The second kappa shape index (κ2) is 9.05. The summed E-state index contributed by atoms with van der Waals surface area (Å²) in [5.41, 5.74) is 0.841. The first kappa shape index (κ1) is 22.9. The third-order valence-corrected chi connectivity index (χ3v) is 6.13.